The summed E-state index contributed by atoms with van der Waals surface area (Å²) in [6.45, 7) is 6.34. The first-order chi connectivity index (χ1) is 16.2. The van der Waals surface area contributed by atoms with Crippen molar-refractivity contribution < 1.29 is 0 Å². The Morgan fingerprint density at radius 2 is 1.65 bits per heavy atom. The van der Waals surface area contributed by atoms with E-state index in [9.17, 15) is 0 Å². The van der Waals surface area contributed by atoms with Crippen molar-refractivity contribution in [3.8, 4) is 11.3 Å². The summed E-state index contributed by atoms with van der Waals surface area (Å²) < 4.78 is 0. The van der Waals surface area contributed by atoms with Crippen molar-refractivity contribution in [1.82, 2.24) is 20.3 Å². The number of benzene rings is 2. The molecule has 0 amide bonds. The Kier molecular flexibility index (Phi) is 5.36. The average molecular weight is 495 g/mol. The van der Waals surface area contributed by atoms with Crippen LogP contribution in [-0.4, -0.2) is 20.5 Å². The van der Waals surface area contributed by atoms with Crippen molar-refractivity contribution in [3.63, 3.8) is 0 Å². The van der Waals surface area contributed by atoms with Crippen molar-refractivity contribution in [2.75, 3.05) is 0 Å². The first-order valence-electron chi connectivity index (χ1n) is 12.4. The summed E-state index contributed by atoms with van der Waals surface area (Å²) in [5.41, 5.74) is 5.29. The second kappa shape index (κ2) is 8.08. The summed E-state index contributed by atoms with van der Waals surface area (Å²) in [5, 5.41) is 15.0. The van der Waals surface area contributed by atoms with E-state index in [0.717, 1.165) is 35.0 Å². The Morgan fingerprint density at radius 1 is 0.912 bits per heavy atom. The van der Waals surface area contributed by atoms with Crippen molar-refractivity contribution in [2.24, 2.45) is 16.7 Å². The second-order valence-corrected chi connectivity index (χ2v) is 12.7. The molecule has 4 saturated carbocycles. The van der Waals surface area contributed by atoms with Gasteiger partial charge in [-0.3, -0.25) is 0 Å². The highest BCUT2D eigenvalue weighted by Crippen LogP contribution is 2.66. The Morgan fingerprint density at radius 3 is 2.32 bits per heavy atom. The minimum Gasteiger partial charge on any atom is -0.305 e. The van der Waals surface area contributed by atoms with Crippen LogP contribution in [0.5, 0.6) is 0 Å². The molecule has 0 radical (unpaired) electrons. The molecular weight excluding hydrogens is 463 g/mol. The number of nitrogens with one attached hydrogen (secondary N) is 1. The van der Waals surface area contributed by atoms with Crippen molar-refractivity contribution in [3.05, 3.63) is 69.8 Å². The van der Waals surface area contributed by atoms with Crippen LogP contribution in [0.4, 0.5) is 0 Å². The maximum Gasteiger partial charge on any atom is 0.117 e. The van der Waals surface area contributed by atoms with Crippen LogP contribution < -0.4 is 5.32 Å². The molecule has 0 saturated heterocycles. The highest BCUT2D eigenvalue weighted by atomic mass is 35.5. The van der Waals surface area contributed by atoms with Crippen molar-refractivity contribution >= 4 is 23.2 Å². The van der Waals surface area contributed by atoms with E-state index in [-0.39, 0.29) is 5.54 Å². The molecule has 2 aromatic carbocycles. The first kappa shape index (κ1) is 22.6. The van der Waals surface area contributed by atoms with Crippen LogP contribution in [0.25, 0.3) is 11.3 Å². The molecule has 4 nitrogen and oxygen atoms in total. The molecule has 1 heterocycles. The van der Waals surface area contributed by atoms with Crippen LogP contribution in [-0.2, 0) is 13.1 Å². The summed E-state index contributed by atoms with van der Waals surface area (Å²) in [7, 11) is 0. The van der Waals surface area contributed by atoms with Gasteiger partial charge in [-0.05, 0) is 73.0 Å². The summed E-state index contributed by atoms with van der Waals surface area (Å²) in [4.78, 5) is 1.79. The Bertz CT molecular complexity index is 1200. The van der Waals surface area contributed by atoms with E-state index in [1.165, 1.54) is 38.5 Å². The summed E-state index contributed by atoms with van der Waals surface area (Å²) >= 11 is 12.3. The van der Waals surface area contributed by atoms with Crippen LogP contribution in [0.3, 0.4) is 0 Å². The van der Waals surface area contributed by atoms with Gasteiger partial charge >= 0.3 is 0 Å². The van der Waals surface area contributed by atoms with Crippen LogP contribution in [0.2, 0.25) is 10.0 Å². The van der Waals surface area contributed by atoms with Gasteiger partial charge in [-0.25, -0.2) is 0 Å². The lowest BCUT2D eigenvalue weighted by Crippen LogP contribution is -2.63. The van der Waals surface area contributed by atoms with Gasteiger partial charge in [-0.15, -0.1) is 0 Å². The monoisotopic (exact) mass is 494 g/mol. The van der Waals surface area contributed by atoms with Crippen molar-refractivity contribution in [2.45, 2.75) is 71.0 Å². The Hall–Kier alpha value is -1.88. The fourth-order valence-electron chi connectivity index (χ4n) is 8.11. The van der Waals surface area contributed by atoms with Gasteiger partial charge in [-0.1, -0.05) is 73.4 Å². The molecule has 4 fully saturated rings. The molecule has 4 aliphatic rings. The lowest BCUT2D eigenvalue weighted by atomic mass is 9.43. The third kappa shape index (κ3) is 4.19. The van der Waals surface area contributed by atoms with Gasteiger partial charge < -0.3 is 5.32 Å². The number of hydrogen-bond donors (Lipinski definition) is 1. The molecule has 7 rings (SSSR count). The molecule has 0 aliphatic heterocycles. The number of hydrogen-bond acceptors (Lipinski definition) is 3. The smallest absolute Gasteiger partial charge is 0.117 e. The lowest BCUT2D eigenvalue weighted by molar-refractivity contribution is -0.118. The summed E-state index contributed by atoms with van der Waals surface area (Å²) in [6.07, 6.45) is 8.06. The van der Waals surface area contributed by atoms with Gasteiger partial charge in [0.15, 0.2) is 0 Å². The first-order valence-corrected chi connectivity index (χ1v) is 13.2. The topological polar surface area (TPSA) is 42.7 Å². The second-order valence-electron chi connectivity index (χ2n) is 11.9. The zero-order valence-electron chi connectivity index (χ0n) is 20.0. The Balaban J connectivity index is 1.28. The molecule has 6 heteroatoms. The molecular formula is C28H32Cl2N4. The summed E-state index contributed by atoms with van der Waals surface area (Å²) in [6, 6.07) is 16.1. The fourth-order valence-corrected chi connectivity index (χ4v) is 8.43. The zero-order valence-corrected chi connectivity index (χ0v) is 21.5. The number of nitrogens with zero attached hydrogens (tertiary/aromatic N) is 3. The van der Waals surface area contributed by atoms with Crippen LogP contribution in [0, 0.1) is 16.7 Å². The minimum atomic E-state index is 0.227. The Labute approximate surface area is 212 Å². The van der Waals surface area contributed by atoms with Gasteiger partial charge in [0.1, 0.15) is 11.4 Å². The summed E-state index contributed by atoms with van der Waals surface area (Å²) in [5.74, 6) is 0.859. The standard InChI is InChI=1S/C28H32Cl2N4/c1-26-11-20-12-27(2,16-26)18-28(13-20,17-26)31-14-24-25(21-6-4-3-5-7-21)33-34(32-24)15-19-8-9-22(29)23(30)10-19/h3-10,20,31H,11-18H2,1-2H3/t20?,26-,27+,28?. The highest BCUT2D eigenvalue weighted by Gasteiger charge is 2.59. The molecule has 4 atom stereocenters. The third-order valence-electron chi connectivity index (χ3n) is 8.34. The molecule has 0 spiro atoms. The molecule has 178 valence electrons. The van der Waals surface area contributed by atoms with Crippen molar-refractivity contribution in [1.29, 1.82) is 0 Å². The van der Waals surface area contributed by atoms with E-state index in [1.807, 2.05) is 24.3 Å². The van der Waals surface area contributed by atoms with Crippen LogP contribution >= 0.6 is 23.2 Å². The van der Waals surface area contributed by atoms with Crippen LogP contribution in [0.1, 0.15) is 63.6 Å². The largest absolute Gasteiger partial charge is 0.305 e. The van der Waals surface area contributed by atoms with E-state index in [1.54, 1.807) is 4.80 Å². The van der Waals surface area contributed by atoms with Gasteiger partial charge in [0.05, 0.1) is 16.6 Å². The predicted octanol–water partition coefficient (Wildman–Crippen LogP) is 7.14. The molecule has 1 N–H and O–H groups in total. The van der Waals surface area contributed by atoms with E-state index in [4.69, 9.17) is 33.4 Å². The van der Waals surface area contributed by atoms with Gasteiger partial charge in [-0.2, -0.15) is 15.0 Å². The van der Waals surface area contributed by atoms with Gasteiger partial charge in [0.2, 0.25) is 0 Å². The van der Waals surface area contributed by atoms with E-state index in [0.29, 0.717) is 27.4 Å². The quantitative estimate of drug-likeness (QED) is 0.395. The predicted molar refractivity (Wildman–Crippen MR) is 138 cm³/mol. The highest BCUT2D eigenvalue weighted by molar-refractivity contribution is 6.42. The molecule has 4 bridgehead atoms. The zero-order chi connectivity index (χ0) is 23.6. The number of rotatable bonds is 6. The lowest BCUT2D eigenvalue weighted by Gasteiger charge is -2.65. The molecule has 3 aromatic rings. The van der Waals surface area contributed by atoms with Gasteiger partial charge in [0, 0.05) is 17.6 Å². The van der Waals surface area contributed by atoms with E-state index < -0.39 is 0 Å². The fraction of sp³-hybridized carbons (Fsp3) is 0.500. The molecule has 4 aliphatic carbocycles. The number of aromatic nitrogens is 3. The van der Waals surface area contributed by atoms with Gasteiger partial charge in [0.25, 0.3) is 0 Å². The number of halogens is 2. The maximum absolute atomic E-state index is 6.24. The SMILES string of the molecule is C[C@]12CC3CC(NCc4nn(Cc5ccc(Cl)c(Cl)c5)nc4-c4ccccc4)(C1)C[C@@](C)(C3)C2. The molecule has 2 unspecified atom stereocenters. The molecule has 34 heavy (non-hydrogen) atoms. The average Bonchev–Trinajstić information content (AvgIpc) is 3.16. The normalized spacial score (nSPS) is 31.8. The maximum atomic E-state index is 6.24. The van der Waals surface area contributed by atoms with Crippen LogP contribution in [0.15, 0.2) is 48.5 Å². The van der Waals surface area contributed by atoms with E-state index in [2.05, 4.69) is 43.4 Å². The third-order valence-corrected chi connectivity index (χ3v) is 9.08. The molecule has 1 aromatic heterocycles. The minimum absolute atomic E-state index is 0.227. The van der Waals surface area contributed by atoms with E-state index >= 15 is 0 Å².